The SMILES string of the molecule is Cc1cc(C)c2[nH]c(=O)c(CN(C[C@@H]3CCCO3)[C@H](c3nnnn3C3CCCCC3)C(C)C)cc2c1. The predicted octanol–water partition coefficient (Wildman–Crippen LogP) is 5.01. The van der Waals surface area contributed by atoms with Crippen molar-refractivity contribution in [3.8, 4) is 0 Å². The minimum atomic E-state index is -0.0267. The summed E-state index contributed by atoms with van der Waals surface area (Å²) in [6, 6.07) is 6.67. The molecule has 0 unspecified atom stereocenters. The highest BCUT2D eigenvalue weighted by atomic mass is 16.5. The summed E-state index contributed by atoms with van der Waals surface area (Å²) in [5.41, 5.74) is 3.95. The molecule has 8 nitrogen and oxygen atoms in total. The molecular weight excluding hydrogens is 452 g/mol. The van der Waals surface area contributed by atoms with Crippen LogP contribution in [0.5, 0.6) is 0 Å². The third kappa shape index (κ3) is 5.25. The Kier molecular flexibility index (Phi) is 7.53. The number of pyridine rings is 1. The van der Waals surface area contributed by atoms with Crippen molar-refractivity contribution >= 4 is 10.9 Å². The second-order valence-corrected chi connectivity index (χ2v) is 11.2. The van der Waals surface area contributed by atoms with Crippen LogP contribution in [-0.2, 0) is 11.3 Å². The lowest BCUT2D eigenvalue weighted by Crippen LogP contribution is -2.40. The normalized spacial score (nSPS) is 20.1. The van der Waals surface area contributed by atoms with Crippen LogP contribution in [0.15, 0.2) is 23.0 Å². The molecular formula is C28H40N6O2. The summed E-state index contributed by atoms with van der Waals surface area (Å²) in [5.74, 6) is 1.18. The zero-order valence-corrected chi connectivity index (χ0v) is 22.2. The highest BCUT2D eigenvalue weighted by molar-refractivity contribution is 5.82. The van der Waals surface area contributed by atoms with E-state index in [1.54, 1.807) is 0 Å². The van der Waals surface area contributed by atoms with Crippen LogP contribution >= 0.6 is 0 Å². The fourth-order valence-corrected chi connectivity index (χ4v) is 6.26. The lowest BCUT2D eigenvalue weighted by atomic mass is 9.94. The Bertz CT molecular complexity index is 1240. The third-order valence-corrected chi connectivity index (χ3v) is 7.93. The molecule has 0 amide bonds. The molecule has 5 rings (SSSR count). The Morgan fingerprint density at radius 3 is 2.64 bits per heavy atom. The van der Waals surface area contributed by atoms with Crippen LogP contribution in [0.4, 0.5) is 0 Å². The number of aromatic amines is 1. The van der Waals surface area contributed by atoms with E-state index in [1.165, 1.54) is 24.8 Å². The van der Waals surface area contributed by atoms with E-state index < -0.39 is 0 Å². The standard InChI is InChI=1S/C28H40N6O2/c1-18(2)26(27-30-31-32-34(27)23-9-6-5-7-10-23)33(17-24-11-8-12-36-24)16-22-15-21-14-19(3)13-20(4)25(21)29-28(22)35/h13-15,18,23-24,26H,5-12,16-17H2,1-4H3,(H,29,35)/t24-,26-/m0/s1. The predicted molar refractivity (Wildman–Crippen MR) is 141 cm³/mol. The first-order valence-electron chi connectivity index (χ1n) is 13.7. The van der Waals surface area contributed by atoms with Crippen LogP contribution < -0.4 is 5.56 Å². The average Bonchev–Trinajstić information content (AvgIpc) is 3.53. The van der Waals surface area contributed by atoms with E-state index in [0.717, 1.165) is 66.7 Å². The summed E-state index contributed by atoms with van der Waals surface area (Å²) in [7, 11) is 0. The van der Waals surface area contributed by atoms with Gasteiger partial charge in [0.05, 0.1) is 23.7 Å². The maximum Gasteiger partial charge on any atom is 0.252 e. The molecule has 2 aliphatic rings. The van der Waals surface area contributed by atoms with Gasteiger partial charge in [0.2, 0.25) is 0 Å². The van der Waals surface area contributed by atoms with Crippen molar-refractivity contribution in [2.45, 2.75) is 97.4 Å². The molecule has 8 heteroatoms. The number of rotatable bonds is 8. The number of aromatic nitrogens is 5. The molecule has 3 heterocycles. The van der Waals surface area contributed by atoms with Crippen molar-refractivity contribution in [1.82, 2.24) is 30.1 Å². The van der Waals surface area contributed by atoms with Crippen molar-refractivity contribution in [2.24, 2.45) is 5.92 Å². The molecule has 1 saturated heterocycles. The van der Waals surface area contributed by atoms with Gasteiger partial charge in [0.1, 0.15) is 0 Å². The Labute approximate surface area is 213 Å². The van der Waals surface area contributed by atoms with Crippen LogP contribution in [-0.4, -0.2) is 49.3 Å². The Balaban J connectivity index is 1.53. The molecule has 1 N–H and O–H groups in total. The molecule has 0 radical (unpaired) electrons. The molecule has 194 valence electrons. The van der Waals surface area contributed by atoms with E-state index in [2.05, 4.69) is 76.0 Å². The molecule has 3 aromatic rings. The summed E-state index contributed by atoms with van der Waals surface area (Å²) in [4.78, 5) is 18.8. The number of ether oxygens (including phenoxy) is 1. The first kappa shape index (κ1) is 25.1. The zero-order chi connectivity index (χ0) is 25.2. The number of hydrogen-bond acceptors (Lipinski definition) is 6. The van der Waals surface area contributed by atoms with E-state index >= 15 is 0 Å². The lowest BCUT2D eigenvalue weighted by Gasteiger charge is -2.36. The van der Waals surface area contributed by atoms with Crippen molar-refractivity contribution in [1.29, 1.82) is 0 Å². The maximum atomic E-state index is 13.3. The summed E-state index contributed by atoms with van der Waals surface area (Å²) in [6.07, 6.45) is 8.27. The second-order valence-electron chi connectivity index (χ2n) is 11.2. The molecule has 1 aliphatic heterocycles. The van der Waals surface area contributed by atoms with Crippen molar-refractivity contribution < 1.29 is 4.74 Å². The molecule has 1 saturated carbocycles. The van der Waals surface area contributed by atoms with Gasteiger partial charge in [-0.05, 0) is 79.0 Å². The molecule has 2 fully saturated rings. The van der Waals surface area contributed by atoms with Gasteiger partial charge >= 0.3 is 0 Å². The van der Waals surface area contributed by atoms with E-state index in [9.17, 15) is 4.79 Å². The Morgan fingerprint density at radius 2 is 1.92 bits per heavy atom. The van der Waals surface area contributed by atoms with Gasteiger partial charge in [-0.25, -0.2) is 4.68 Å². The summed E-state index contributed by atoms with van der Waals surface area (Å²) in [6.45, 7) is 10.7. The van der Waals surface area contributed by atoms with Gasteiger partial charge in [-0.3, -0.25) is 9.69 Å². The molecule has 1 aromatic carbocycles. The topological polar surface area (TPSA) is 88.9 Å². The molecule has 36 heavy (non-hydrogen) atoms. The van der Waals surface area contributed by atoms with Crippen LogP contribution in [0, 0.1) is 19.8 Å². The lowest BCUT2D eigenvalue weighted by molar-refractivity contribution is 0.0375. The van der Waals surface area contributed by atoms with Gasteiger partial charge in [-0.15, -0.1) is 5.10 Å². The number of aryl methyl sites for hydroxylation is 2. The van der Waals surface area contributed by atoms with Gasteiger partial charge in [-0.2, -0.15) is 0 Å². The van der Waals surface area contributed by atoms with E-state index in [-0.39, 0.29) is 23.6 Å². The van der Waals surface area contributed by atoms with Crippen molar-refractivity contribution in [3.63, 3.8) is 0 Å². The van der Waals surface area contributed by atoms with Gasteiger partial charge in [0.15, 0.2) is 5.82 Å². The molecule has 0 bridgehead atoms. The first-order valence-corrected chi connectivity index (χ1v) is 13.7. The Morgan fingerprint density at radius 1 is 1.11 bits per heavy atom. The summed E-state index contributed by atoms with van der Waals surface area (Å²) in [5, 5.41) is 14.3. The maximum absolute atomic E-state index is 13.3. The minimum Gasteiger partial charge on any atom is -0.377 e. The molecule has 0 spiro atoms. The summed E-state index contributed by atoms with van der Waals surface area (Å²) >= 11 is 0. The van der Waals surface area contributed by atoms with E-state index in [1.807, 2.05) is 0 Å². The molecule has 1 aliphatic carbocycles. The van der Waals surface area contributed by atoms with Crippen molar-refractivity contribution in [3.05, 3.63) is 51.1 Å². The number of hydrogen-bond donors (Lipinski definition) is 1. The monoisotopic (exact) mass is 492 g/mol. The summed E-state index contributed by atoms with van der Waals surface area (Å²) < 4.78 is 8.15. The second kappa shape index (κ2) is 10.8. The fourth-order valence-electron chi connectivity index (χ4n) is 6.26. The van der Waals surface area contributed by atoms with Crippen molar-refractivity contribution in [2.75, 3.05) is 13.2 Å². The molecule has 2 aromatic heterocycles. The van der Waals surface area contributed by atoms with Crippen LogP contribution in [0.1, 0.15) is 93.4 Å². The van der Waals surface area contributed by atoms with Crippen LogP contribution in [0.3, 0.4) is 0 Å². The number of nitrogens with one attached hydrogen (secondary N) is 1. The average molecular weight is 493 g/mol. The minimum absolute atomic E-state index is 0.0135. The smallest absolute Gasteiger partial charge is 0.252 e. The third-order valence-electron chi connectivity index (χ3n) is 7.93. The first-order chi connectivity index (χ1) is 17.4. The quantitative estimate of drug-likeness (QED) is 0.475. The van der Waals surface area contributed by atoms with Gasteiger partial charge in [0.25, 0.3) is 5.56 Å². The van der Waals surface area contributed by atoms with Crippen LogP contribution in [0.25, 0.3) is 10.9 Å². The number of fused-ring (bicyclic) bond motifs is 1. The van der Waals surface area contributed by atoms with E-state index in [4.69, 9.17) is 4.74 Å². The van der Waals surface area contributed by atoms with E-state index in [0.29, 0.717) is 12.6 Å². The van der Waals surface area contributed by atoms with Crippen LogP contribution in [0.2, 0.25) is 0 Å². The number of tetrazole rings is 1. The highest BCUT2D eigenvalue weighted by Gasteiger charge is 2.34. The number of H-pyrrole nitrogens is 1. The number of nitrogens with zero attached hydrogens (tertiary/aromatic N) is 5. The Hall–Kier alpha value is -2.58. The number of benzene rings is 1. The van der Waals surface area contributed by atoms with Gasteiger partial charge in [0, 0.05) is 25.3 Å². The van der Waals surface area contributed by atoms with Gasteiger partial charge < -0.3 is 9.72 Å². The van der Waals surface area contributed by atoms with Gasteiger partial charge in [-0.1, -0.05) is 44.7 Å². The fraction of sp³-hybridized carbons (Fsp3) is 0.643. The highest BCUT2D eigenvalue weighted by Crippen LogP contribution is 2.34. The zero-order valence-electron chi connectivity index (χ0n) is 22.2. The largest absolute Gasteiger partial charge is 0.377 e. The molecule has 2 atom stereocenters.